The number of benzene rings is 1. The van der Waals surface area contributed by atoms with E-state index in [0.717, 1.165) is 43.9 Å². The van der Waals surface area contributed by atoms with Crippen molar-refractivity contribution >= 4 is 5.91 Å². The van der Waals surface area contributed by atoms with Gasteiger partial charge in [0.15, 0.2) is 0 Å². The van der Waals surface area contributed by atoms with E-state index in [1.54, 1.807) is 12.0 Å². The molecule has 0 unspecified atom stereocenters. The van der Waals surface area contributed by atoms with Gasteiger partial charge in [-0.25, -0.2) is 8.78 Å². The van der Waals surface area contributed by atoms with Crippen LogP contribution in [0.25, 0.3) is 0 Å². The molecule has 120 valence electrons. The Morgan fingerprint density at radius 2 is 2.14 bits per heavy atom. The van der Waals surface area contributed by atoms with E-state index in [4.69, 9.17) is 4.74 Å². The van der Waals surface area contributed by atoms with Crippen LogP contribution in [0.4, 0.5) is 8.78 Å². The minimum Gasteiger partial charge on any atom is -0.381 e. The predicted octanol–water partition coefficient (Wildman–Crippen LogP) is 3.38. The first-order valence-electron chi connectivity index (χ1n) is 7.73. The largest absolute Gasteiger partial charge is 0.381 e. The quantitative estimate of drug-likeness (QED) is 0.838. The second-order valence-electron chi connectivity index (χ2n) is 6.68. The Balaban J connectivity index is 1.84. The van der Waals surface area contributed by atoms with Crippen LogP contribution in [0.15, 0.2) is 18.2 Å². The second-order valence-corrected chi connectivity index (χ2v) is 6.68. The molecule has 1 heterocycles. The van der Waals surface area contributed by atoms with Crippen molar-refractivity contribution in [2.24, 2.45) is 5.41 Å². The van der Waals surface area contributed by atoms with Gasteiger partial charge in [0.1, 0.15) is 11.6 Å². The number of hydrogen-bond acceptors (Lipinski definition) is 2. The second kappa shape index (κ2) is 5.61. The zero-order valence-electron chi connectivity index (χ0n) is 12.9. The number of likely N-dealkylation sites (tertiary alicyclic amines) is 1. The summed E-state index contributed by atoms with van der Waals surface area (Å²) < 4.78 is 32.7. The van der Waals surface area contributed by atoms with Gasteiger partial charge in [-0.15, -0.1) is 0 Å². The van der Waals surface area contributed by atoms with Gasteiger partial charge in [0.05, 0.1) is 11.7 Å². The van der Waals surface area contributed by atoms with Gasteiger partial charge < -0.3 is 9.64 Å². The number of methoxy groups -OCH3 is 1. The van der Waals surface area contributed by atoms with Gasteiger partial charge in [-0.1, -0.05) is 6.92 Å². The number of fused-ring (bicyclic) bond motifs is 1. The summed E-state index contributed by atoms with van der Waals surface area (Å²) in [5.74, 6) is -1.65. The number of nitrogens with zero attached hydrogens (tertiary/aromatic N) is 1. The molecule has 5 heteroatoms. The molecule has 1 aromatic carbocycles. The standard InChI is InChI=1S/C17H21F2NO2/c1-17-7-8-20(15(17)6-4-12(10-17)22-2)16(21)13-9-11(18)3-5-14(13)19/h3,5,9,12,15H,4,6-8,10H2,1-2H3/t12-,15-,17+/m1/s1. The number of amides is 1. The van der Waals surface area contributed by atoms with Crippen LogP contribution in [0.2, 0.25) is 0 Å². The molecule has 1 aliphatic heterocycles. The molecular formula is C17H21F2NO2. The van der Waals surface area contributed by atoms with Crippen molar-refractivity contribution in [3.8, 4) is 0 Å². The van der Waals surface area contributed by atoms with Crippen LogP contribution in [-0.2, 0) is 4.74 Å². The monoisotopic (exact) mass is 309 g/mol. The van der Waals surface area contributed by atoms with E-state index in [2.05, 4.69) is 6.92 Å². The van der Waals surface area contributed by atoms with Crippen molar-refractivity contribution in [1.82, 2.24) is 4.90 Å². The minimum atomic E-state index is -0.661. The molecule has 1 amide bonds. The van der Waals surface area contributed by atoms with Crippen molar-refractivity contribution in [3.05, 3.63) is 35.4 Å². The fraction of sp³-hybridized carbons (Fsp3) is 0.588. The van der Waals surface area contributed by atoms with E-state index in [9.17, 15) is 13.6 Å². The Hall–Kier alpha value is -1.49. The third kappa shape index (κ3) is 2.51. The molecule has 1 saturated heterocycles. The van der Waals surface area contributed by atoms with E-state index in [1.165, 1.54) is 0 Å². The van der Waals surface area contributed by atoms with Gasteiger partial charge in [-0.2, -0.15) is 0 Å². The highest BCUT2D eigenvalue weighted by molar-refractivity contribution is 5.95. The van der Waals surface area contributed by atoms with Gasteiger partial charge in [-0.05, 0) is 49.3 Å². The summed E-state index contributed by atoms with van der Waals surface area (Å²) in [7, 11) is 1.72. The molecular weight excluding hydrogens is 288 g/mol. The highest BCUT2D eigenvalue weighted by Crippen LogP contribution is 2.47. The van der Waals surface area contributed by atoms with Crippen molar-refractivity contribution in [2.75, 3.05) is 13.7 Å². The van der Waals surface area contributed by atoms with Gasteiger partial charge >= 0.3 is 0 Å². The molecule has 1 saturated carbocycles. The summed E-state index contributed by atoms with van der Waals surface area (Å²) in [6, 6.07) is 3.12. The molecule has 0 spiro atoms. The highest BCUT2D eigenvalue weighted by Gasteiger charge is 2.49. The zero-order chi connectivity index (χ0) is 15.9. The number of halogens is 2. The van der Waals surface area contributed by atoms with Gasteiger partial charge in [0, 0.05) is 19.7 Å². The lowest BCUT2D eigenvalue weighted by molar-refractivity contribution is -0.00286. The highest BCUT2D eigenvalue weighted by atomic mass is 19.1. The fourth-order valence-corrected chi connectivity index (χ4v) is 4.04. The summed E-state index contributed by atoms with van der Waals surface area (Å²) in [5, 5.41) is 0. The number of rotatable bonds is 2. The summed E-state index contributed by atoms with van der Waals surface area (Å²) in [6.45, 7) is 2.75. The third-order valence-corrected chi connectivity index (χ3v) is 5.31. The summed E-state index contributed by atoms with van der Waals surface area (Å²) in [4.78, 5) is 14.4. The topological polar surface area (TPSA) is 29.5 Å². The maximum atomic E-state index is 13.9. The molecule has 3 atom stereocenters. The van der Waals surface area contributed by atoms with E-state index in [-0.39, 0.29) is 23.1 Å². The first-order chi connectivity index (χ1) is 10.4. The van der Waals surface area contributed by atoms with Gasteiger partial charge in [0.25, 0.3) is 5.91 Å². The molecule has 1 aliphatic carbocycles. The number of carbonyl (C=O) groups excluding carboxylic acids is 1. The normalized spacial score (nSPS) is 31.2. The van der Waals surface area contributed by atoms with Crippen LogP contribution in [-0.4, -0.2) is 36.6 Å². The van der Waals surface area contributed by atoms with Gasteiger partial charge in [0.2, 0.25) is 0 Å². The molecule has 2 fully saturated rings. The zero-order valence-corrected chi connectivity index (χ0v) is 12.9. The first kappa shape index (κ1) is 15.4. The molecule has 0 radical (unpaired) electrons. The van der Waals surface area contributed by atoms with E-state index in [0.29, 0.717) is 6.54 Å². The lowest BCUT2D eigenvalue weighted by Gasteiger charge is -2.42. The molecule has 0 aromatic heterocycles. The summed E-state index contributed by atoms with van der Waals surface area (Å²) >= 11 is 0. The summed E-state index contributed by atoms with van der Waals surface area (Å²) in [6.07, 6.45) is 3.75. The lowest BCUT2D eigenvalue weighted by atomic mass is 9.71. The fourth-order valence-electron chi connectivity index (χ4n) is 4.04. The maximum Gasteiger partial charge on any atom is 0.257 e. The SMILES string of the molecule is CO[C@@H]1CC[C@H]2N(C(=O)c3cc(F)ccc3F)CC[C@@]2(C)C1. The molecule has 3 rings (SSSR count). The van der Waals surface area contributed by atoms with Crippen LogP contribution in [0.5, 0.6) is 0 Å². The number of ether oxygens (including phenoxy) is 1. The third-order valence-electron chi connectivity index (χ3n) is 5.31. The van der Waals surface area contributed by atoms with Gasteiger partial charge in [-0.3, -0.25) is 4.79 Å². The molecule has 22 heavy (non-hydrogen) atoms. The lowest BCUT2D eigenvalue weighted by Crippen LogP contribution is -2.46. The minimum absolute atomic E-state index is 0.00160. The van der Waals surface area contributed by atoms with Crippen LogP contribution < -0.4 is 0 Å². The van der Waals surface area contributed by atoms with Crippen LogP contribution in [0.1, 0.15) is 43.0 Å². The Kier molecular flexibility index (Phi) is 3.93. The average Bonchev–Trinajstić information content (AvgIpc) is 2.85. The Morgan fingerprint density at radius 1 is 1.36 bits per heavy atom. The van der Waals surface area contributed by atoms with Crippen molar-refractivity contribution in [3.63, 3.8) is 0 Å². The smallest absolute Gasteiger partial charge is 0.257 e. The molecule has 1 aromatic rings. The van der Waals surface area contributed by atoms with Crippen molar-refractivity contribution in [1.29, 1.82) is 0 Å². The van der Waals surface area contributed by atoms with Crippen LogP contribution in [0, 0.1) is 17.0 Å². The molecule has 0 bridgehead atoms. The molecule has 0 N–H and O–H groups in total. The number of carbonyl (C=O) groups is 1. The van der Waals surface area contributed by atoms with Crippen molar-refractivity contribution in [2.45, 2.75) is 44.8 Å². The van der Waals surface area contributed by atoms with E-state index < -0.39 is 17.5 Å². The summed E-state index contributed by atoms with van der Waals surface area (Å²) in [5.41, 5.74) is -0.170. The average molecular weight is 309 g/mol. The molecule has 3 nitrogen and oxygen atoms in total. The maximum absolute atomic E-state index is 13.9. The van der Waals surface area contributed by atoms with Crippen LogP contribution >= 0.6 is 0 Å². The predicted molar refractivity (Wildman–Crippen MR) is 78.6 cm³/mol. The Labute approximate surface area is 129 Å². The Bertz CT molecular complexity index is 592. The van der Waals surface area contributed by atoms with E-state index >= 15 is 0 Å². The van der Waals surface area contributed by atoms with E-state index in [1.807, 2.05) is 0 Å². The molecule has 2 aliphatic rings. The van der Waals surface area contributed by atoms with Crippen molar-refractivity contribution < 1.29 is 18.3 Å². The number of hydrogen-bond donors (Lipinski definition) is 0. The Morgan fingerprint density at radius 3 is 2.86 bits per heavy atom. The first-order valence-corrected chi connectivity index (χ1v) is 7.73. The van der Waals surface area contributed by atoms with Crippen LogP contribution in [0.3, 0.4) is 0 Å².